The molecule has 2 atom stereocenters. The summed E-state index contributed by atoms with van der Waals surface area (Å²) in [6.07, 6.45) is 3.23. The highest BCUT2D eigenvalue weighted by molar-refractivity contribution is 7.54. The number of carbonyl (C=O) groups is 2. The maximum absolute atomic E-state index is 13.3. The van der Waals surface area contributed by atoms with Crippen LogP contribution in [-0.4, -0.2) is 39.8 Å². The van der Waals surface area contributed by atoms with Crippen molar-refractivity contribution in [3.63, 3.8) is 0 Å². The Bertz CT molecular complexity index is 736. The highest BCUT2D eigenvalue weighted by Gasteiger charge is 2.52. The Morgan fingerprint density at radius 2 is 1.83 bits per heavy atom. The summed E-state index contributed by atoms with van der Waals surface area (Å²) in [6.45, 7) is 0.407. The van der Waals surface area contributed by atoms with Gasteiger partial charge in [0, 0.05) is 6.42 Å². The lowest BCUT2D eigenvalue weighted by atomic mass is 9.94. The summed E-state index contributed by atoms with van der Waals surface area (Å²) in [4.78, 5) is 35.0. The van der Waals surface area contributed by atoms with Crippen molar-refractivity contribution in [1.82, 2.24) is 5.32 Å². The second kappa shape index (κ2) is 11.6. The lowest BCUT2D eigenvalue weighted by Crippen LogP contribution is -2.50. The van der Waals surface area contributed by atoms with E-state index in [1.54, 1.807) is 0 Å². The molecule has 0 heterocycles. The van der Waals surface area contributed by atoms with Gasteiger partial charge in [0.25, 0.3) is 0 Å². The molecule has 0 bridgehead atoms. The van der Waals surface area contributed by atoms with Crippen molar-refractivity contribution in [2.24, 2.45) is 5.73 Å². The van der Waals surface area contributed by atoms with E-state index in [0.29, 0.717) is 38.6 Å². The highest BCUT2D eigenvalue weighted by Crippen LogP contribution is 2.60. The molecule has 2 rings (SSSR count). The van der Waals surface area contributed by atoms with Gasteiger partial charge in [0.1, 0.15) is 5.28 Å². The highest BCUT2D eigenvalue weighted by atomic mass is 31.2. The van der Waals surface area contributed by atoms with E-state index < -0.39 is 24.9 Å². The van der Waals surface area contributed by atoms with Gasteiger partial charge in [0.2, 0.25) is 5.91 Å². The number of rotatable bonds is 12. The lowest BCUT2D eigenvalue weighted by molar-refractivity contribution is -0.146. The van der Waals surface area contributed by atoms with Crippen molar-refractivity contribution < 1.29 is 28.7 Å². The standard InChI is InChI=1S/C21H33N2O6P/c22-16-8-5-11-18(20(25)26)29-30(27,28)21(14-6-2-7-15-21)23-19(24)13-12-17-9-3-1-4-10-17/h1,3-4,9-10,18H,2,5-8,11-16,22H2,(H,23,24)(H,25,26)(H,27,28)/t18-/m0/s1. The number of hydrogen-bond donors (Lipinski definition) is 4. The minimum Gasteiger partial charge on any atom is -0.479 e. The normalized spacial score (nSPS) is 18.9. The molecular formula is C21H33N2O6P. The van der Waals surface area contributed by atoms with Gasteiger partial charge < -0.3 is 21.1 Å². The fourth-order valence-electron chi connectivity index (χ4n) is 3.81. The summed E-state index contributed by atoms with van der Waals surface area (Å²) in [5.41, 5.74) is 6.44. The van der Waals surface area contributed by atoms with Crippen LogP contribution in [0.2, 0.25) is 0 Å². The zero-order chi connectivity index (χ0) is 22.0. The lowest BCUT2D eigenvalue weighted by Gasteiger charge is -2.40. The van der Waals surface area contributed by atoms with Crippen LogP contribution in [0.4, 0.5) is 0 Å². The summed E-state index contributed by atoms with van der Waals surface area (Å²) >= 11 is 0. The second-order valence-corrected chi connectivity index (χ2v) is 9.97. The Morgan fingerprint density at radius 1 is 1.17 bits per heavy atom. The topological polar surface area (TPSA) is 139 Å². The zero-order valence-electron chi connectivity index (χ0n) is 17.3. The summed E-state index contributed by atoms with van der Waals surface area (Å²) in [7, 11) is -4.45. The molecule has 1 saturated carbocycles. The molecule has 9 heteroatoms. The maximum atomic E-state index is 13.3. The molecule has 0 aromatic heterocycles. The molecule has 1 amide bonds. The summed E-state index contributed by atoms with van der Waals surface area (Å²) in [6, 6.07) is 9.52. The Morgan fingerprint density at radius 3 is 2.43 bits per heavy atom. The van der Waals surface area contributed by atoms with Crippen LogP contribution in [0.3, 0.4) is 0 Å². The van der Waals surface area contributed by atoms with Crippen molar-refractivity contribution >= 4 is 19.5 Å². The van der Waals surface area contributed by atoms with Crippen molar-refractivity contribution in [2.45, 2.75) is 75.6 Å². The van der Waals surface area contributed by atoms with E-state index in [9.17, 15) is 24.2 Å². The smallest absolute Gasteiger partial charge is 0.354 e. The SMILES string of the molecule is NCCCC[C@H](OP(=O)(O)C1(NC(=O)CCc2ccccc2)CCCCC1)C(=O)O. The average molecular weight is 440 g/mol. The van der Waals surface area contributed by atoms with Gasteiger partial charge in [0.15, 0.2) is 6.10 Å². The molecule has 0 spiro atoms. The third-order valence-corrected chi connectivity index (χ3v) is 7.72. The zero-order valence-corrected chi connectivity index (χ0v) is 18.2. The number of aryl methyl sites for hydroxylation is 1. The van der Waals surface area contributed by atoms with Gasteiger partial charge in [-0.05, 0) is 50.6 Å². The van der Waals surface area contributed by atoms with Crippen LogP contribution in [0.25, 0.3) is 0 Å². The van der Waals surface area contributed by atoms with Gasteiger partial charge in [-0.25, -0.2) is 4.79 Å². The molecule has 1 unspecified atom stereocenters. The molecule has 5 N–H and O–H groups in total. The van der Waals surface area contributed by atoms with Gasteiger partial charge >= 0.3 is 13.6 Å². The Hall–Kier alpha value is -1.73. The van der Waals surface area contributed by atoms with E-state index in [-0.39, 0.29) is 31.6 Å². The Labute approximate surface area is 177 Å². The van der Waals surface area contributed by atoms with E-state index in [1.165, 1.54) is 0 Å². The van der Waals surface area contributed by atoms with Crippen LogP contribution in [0.1, 0.15) is 63.4 Å². The number of nitrogens with two attached hydrogens (primary N) is 1. The Balaban J connectivity index is 2.09. The molecule has 30 heavy (non-hydrogen) atoms. The molecule has 1 aliphatic carbocycles. The van der Waals surface area contributed by atoms with E-state index >= 15 is 0 Å². The average Bonchev–Trinajstić information content (AvgIpc) is 2.73. The van der Waals surface area contributed by atoms with E-state index in [4.69, 9.17) is 10.3 Å². The number of carboxylic acids is 1. The van der Waals surface area contributed by atoms with E-state index in [2.05, 4.69) is 5.32 Å². The van der Waals surface area contributed by atoms with Crippen LogP contribution in [-0.2, 0) is 25.1 Å². The first-order valence-electron chi connectivity index (χ1n) is 10.6. The minimum absolute atomic E-state index is 0.0924. The number of amides is 1. The molecule has 1 fully saturated rings. The molecule has 1 aromatic carbocycles. The predicted molar refractivity (Wildman–Crippen MR) is 114 cm³/mol. The Kier molecular flexibility index (Phi) is 9.49. The summed E-state index contributed by atoms with van der Waals surface area (Å²) in [5.74, 6) is -1.63. The largest absolute Gasteiger partial charge is 0.479 e. The molecule has 168 valence electrons. The van der Waals surface area contributed by atoms with Crippen LogP contribution in [0, 0.1) is 0 Å². The third kappa shape index (κ3) is 6.91. The van der Waals surface area contributed by atoms with E-state index in [0.717, 1.165) is 12.0 Å². The van der Waals surface area contributed by atoms with Crippen LogP contribution in [0.5, 0.6) is 0 Å². The first kappa shape index (κ1) is 24.5. The number of benzene rings is 1. The van der Waals surface area contributed by atoms with Crippen molar-refractivity contribution in [1.29, 1.82) is 0 Å². The van der Waals surface area contributed by atoms with Crippen molar-refractivity contribution in [3.05, 3.63) is 35.9 Å². The molecule has 1 aromatic rings. The summed E-state index contributed by atoms with van der Waals surface area (Å²) < 4.78 is 18.6. The number of unbranched alkanes of at least 4 members (excludes halogenated alkanes) is 1. The first-order chi connectivity index (χ1) is 14.3. The quantitative estimate of drug-likeness (QED) is 0.289. The number of carboxylic acid groups (broad SMARTS) is 1. The van der Waals surface area contributed by atoms with Crippen molar-refractivity contribution in [2.75, 3.05) is 6.54 Å². The van der Waals surface area contributed by atoms with Crippen LogP contribution < -0.4 is 11.1 Å². The van der Waals surface area contributed by atoms with E-state index in [1.807, 2.05) is 30.3 Å². The number of aliphatic carboxylic acids is 1. The van der Waals surface area contributed by atoms with Gasteiger partial charge in [-0.15, -0.1) is 0 Å². The molecule has 8 nitrogen and oxygen atoms in total. The number of nitrogens with one attached hydrogen (secondary N) is 1. The van der Waals surface area contributed by atoms with Gasteiger partial charge in [0.05, 0.1) is 0 Å². The van der Waals surface area contributed by atoms with Crippen LogP contribution in [0.15, 0.2) is 30.3 Å². The number of hydrogen-bond acceptors (Lipinski definition) is 5. The maximum Gasteiger partial charge on any atom is 0.354 e. The fourth-order valence-corrected chi connectivity index (χ4v) is 5.70. The third-order valence-electron chi connectivity index (χ3n) is 5.54. The second-order valence-electron chi connectivity index (χ2n) is 7.86. The van der Waals surface area contributed by atoms with Gasteiger partial charge in [-0.1, -0.05) is 49.6 Å². The van der Waals surface area contributed by atoms with Gasteiger partial charge in [-0.2, -0.15) is 0 Å². The number of carbonyl (C=O) groups excluding carboxylic acids is 1. The summed E-state index contributed by atoms with van der Waals surface area (Å²) in [5, 5.41) is 10.8. The molecule has 0 radical (unpaired) electrons. The van der Waals surface area contributed by atoms with Crippen molar-refractivity contribution in [3.8, 4) is 0 Å². The minimum atomic E-state index is -4.45. The monoisotopic (exact) mass is 440 g/mol. The molecule has 0 aliphatic heterocycles. The van der Waals surface area contributed by atoms with Gasteiger partial charge in [-0.3, -0.25) is 13.9 Å². The van der Waals surface area contributed by atoms with Crippen LogP contribution >= 0.6 is 7.60 Å². The molecule has 0 saturated heterocycles. The first-order valence-corrected chi connectivity index (χ1v) is 12.2. The molecule has 1 aliphatic rings. The predicted octanol–water partition coefficient (Wildman–Crippen LogP) is 3.18. The molecular weight excluding hydrogens is 407 g/mol. The fraction of sp³-hybridized carbons (Fsp3) is 0.619.